The molecule has 1 fully saturated rings. The van der Waals surface area contributed by atoms with Crippen LogP contribution in [0.4, 0.5) is 0 Å². The van der Waals surface area contributed by atoms with Crippen LogP contribution < -0.4 is 10.1 Å². The van der Waals surface area contributed by atoms with Crippen LogP contribution >= 0.6 is 11.6 Å². The highest BCUT2D eigenvalue weighted by Gasteiger charge is 2.27. The monoisotopic (exact) mass is 267 g/mol. The Kier molecular flexibility index (Phi) is 3.64. The molecule has 1 N–H and O–H groups in total. The van der Waals surface area contributed by atoms with E-state index in [2.05, 4.69) is 5.32 Å². The Hall–Kier alpha value is -1.06. The topological polar surface area (TPSA) is 38.3 Å². The molecule has 0 atom stereocenters. The number of carbonyl (C=O) groups excluding carboxylic acids is 1. The van der Waals surface area contributed by atoms with E-state index in [0.29, 0.717) is 16.7 Å². The Balaban J connectivity index is 2.24. The summed E-state index contributed by atoms with van der Waals surface area (Å²) < 4.78 is 5.50. The number of ether oxygens (including phenoxy) is 1. The van der Waals surface area contributed by atoms with Crippen molar-refractivity contribution in [3.8, 4) is 5.75 Å². The summed E-state index contributed by atoms with van der Waals surface area (Å²) >= 11 is 6.01. The quantitative estimate of drug-likeness (QED) is 0.661. The number of hydrogen-bond acceptors (Lipinski definition) is 3. The SMILES string of the molecule is CC(C)(C)C(=O)Oc1ccc(Cl)cc1C1CNC1. The van der Waals surface area contributed by atoms with Crippen molar-refractivity contribution >= 4 is 17.6 Å². The van der Waals surface area contributed by atoms with E-state index in [0.717, 1.165) is 18.7 Å². The summed E-state index contributed by atoms with van der Waals surface area (Å²) in [4.78, 5) is 11.9. The molecule has 1 heterocycles. The van der Waals surface area contributed by atoms with E-state index in [4.69, 9.17) is 16.3 Å². The molecule has 4 heteroatoms. The van der Waals surface area contributed by atoms with Crippen LogP contribution in [0.3, 0.4) is 0 Å². The fourth-order valence-electron chi connectivity index (χ4n) is 1.69. The second kappa shape index (κ2) is 4.90. The average molecular weight is 268 g/mol. The highest BCUT2D eigenvalue weighted by molar-refractivity contribution is 6.30. The van der Waals surface area contributed by atoms with Crippen molar-refractivity contribution in [3.63, 3.8) is 0 Å². The van der Waals surface area contributed by atoms with Gasteiger partial charge in [0.2, 0.25) is 0 Å². The molecule has 0 unspecified atom stereocenters. The van der Waals surface area contributed by atoms with Gasteiger partial charge in [0.25, 0.3) is 0 Å². The highest BCUT2D eigenvalue weighted by atomic mass is 35.5. The Morgan fingerprint density at radius 1 is 1.39 bits per heavy atom. The van der Waals surface area contributed by atoms with E-state index in [1.165, 1.54) is 0 Å². The fourth-order valence-corrected chi connectivity index (χ4v) is 1.87. The van der Waals surface area contributed by atoms with Gasteiger partial charge in [0.15, 0.2) is 0 Å². The fraction of sp³-hybridized carbons (Fsp3) is 0.500. The van der Waals surface area contributed by atoms with Crippen molar-refractivity contribution in [2.45, 2.75) is 26.7 Å². The second-order valence-electron chi connectivity index (χ2n) is 5.68. The van der Waals surface area contributed by atoms with E-state index in [1.54, 1.807) is 12.1 Å². The molecule has 0 bridgehead atoms. The minimum absolute atomic E-state index is 0.224. The molecule has 2 rings (SSSR count). The van der Waals surface area contributed by atoms with Crippen molar-refractivity contribution in [3.05, 3.63) is 28.8 Å². The van der Waals surface area contributed by atoms with Gasteiger partial charge in [-0.3, -0.25) is 4.79 Å². The highest BCUT2D eigenvalue weighted by Crippen LogP contribution is 2.33. The zero-order chi connectivity index (χ0) is 13.3. The molecule has 0 aromatic heterocycles. The van der Waals surface area contributed by atoms with E-state index in [9.17, 15) is 4.79 Å². The van der Waals surface area contributed by atoms with Crippen LogP contribution in [0.15, 0.2) is 18.2 Å². The third-order valence-electron chi connectivity index (χ3n) is 3.01. The van der Waals surface area contributed by atoms with Gasteiger partial charge in [-0.2, -0.15) is 0 Å². The lowest BCUT2D eigenvalue weighted by Crippen LogP contribution is -2.40. The molecule has 18 heavy (non-hydrogen) atoms. The molecular weight excluding hydrogens is 250 g/mol. The number of hydrogen-bond donors (Lipinski definition) is 1. The van der Waals surface area contributed by atoms with Crippen LogP contribution in [0.2, 0.25) is 5.02 Å². The molecule has 1 aromatic carbocycles. The lowest BCUT2D eigenvalue weighted by molar-refractivity contribution is -0.143. The lowest BCUT2D eigenvalue weighted by Gasteiger charge is -2.29. The van der Waals surface area contributed by atoms with Crippen molar-refractivity contribution in [2.24, 2.45) is 5.41 Å². The van der Waals surface area contributed by atoms with E-state index >= 15 is 0 Å². The number of carbonyl (C=O) groups is 1. The zero-order valence-electron chi connectivity index (χ0n) is 10.9. The minimum atomic E-state index is -0.505. The summed E-state index contributed by atoms with van der Waals surface area (Å²) in [5.41, 5.74) is 0.508. The maximum absolute atomic E-state index is 11.9. The Bertz CT molecular complexity index is 461. The molecule has 1 aliphatic rings. The van der Waals surface area contributed by atoms with Gasteiger partial charge in [-0.05, 0) is 39.0 Å². The zero-order valence-corrected chi connectivity index (χ0v) is 11.7. The van der Waals surface area contributed by atoms with Crippen LogP contribution in [-0.4, -0.2) is 19.1 Å². The van der Waals surface area contributed by atoms with E-state index < -0.39 is 5.41 Å². The first-order chi connectivity index (χ1) is 8.38. The molecule has 3 nitrogen and oxygen atoms in total. The number of nitrogens with one attached hydrogen (secondary N) is 1. The van der Waals surface area contributed by atoms with Gasteiger partial charge in [0.05, 0.1) is 5.41 Å². The van der Waals surface area contributed by atoms with Gasteiger partial charge in [-0.25, -0.2) is 0 Å². The predicted octanol–water partition coefficient (Wildman–Crippen LogP) is 2.98. The molecule has 0 radical (unpaired) electrons. The molecular formula is C14H18ClNO2. The van der Waals surface area contributed by atoms with Gasteiger partial charge in [0.1, 0.15) is 5.75 Å². The second-order valence-corrected chi connectivity index (χ2v) is 6.11. The molecule has 0 aliphatic carbocycles. The van der Waals surface area contributed by atoms with Crippen LogP contribution in [0, 0.1) is 5.41 Å². The smallest absolute Gasteiger partial charge is 0.316 e. The van der Waals surface area contributed by atoms with Crippen molar-refractivity contribution in [1.82, 2.24) is 5.32 Å². The van der Waals surface area contributed by atoms with E-state index in [-0.39, 0.29) is 5.97 Å². The number of rotatable bonds is 2. The molecule has 0 saturated carbocycles. The summed E-state index contributed by atoms with van der Waals surface area (Å²) in [5, 5.41) is 3.88. The van der Waals surface area contributed by atoms with Gasteiger partial charge >= 0.3 is 5.97 Å². The van der Waals surface area contributed by atoms with Crippen LogP contribution in [0.1, 0.15) is 32.3 Å². The van der Waals surface area contributed by atoms with Crippen LogP contribution in [0.5, 0.6) is 5.75 Å². The number of halogens is 1. The van der Waals surface area contributed by atoms with Crippen LogP contribution in [0.25, 0.3) is 0 Å². The van der Waals surface area contributed by atoms with Crippen LogP contribution in [-0.2, 0) is 4.79 Å². The molecule has 1 aromatic rings. The van der Waals surface area contributed by atoms with Crippen molar-refractivity contribution in [1.29, 1.82) is 0 Å². The van der Waals surface area contributed by atoms with Gasteiger partial charge in [-0.15, -0.1) is 0 Å². The molecule has 1 saturated heterocycles. The van der Waals surface area contributed by atoms with Gasteiger partial charge < -0.3 is 10.1 Å². The largest absolute Gasteiger partial charge is 0.426 e. The first-order valence-electron chi connectivity index (χ1n) is 6.10. The van der Waals surface area contributed by atoms with Crippen molar-refractivity contribution < 1.29 is 9.53 Å². The summed E-state index contributed by atoms with van der Waals surface area (Å²) in [7, 11) is 0. The number of esters is 1. The molecule has 98 valence electrons. The minimum Gasteiger partial charge on any atom is -0.426 e. The third-order valence-corrected chi connectivity index (χ3v) is 3.24. The lowest BCUT2D eigenvalue weighted by atomic mass is 9.92. The first-order valence-corrected chi connectivity index (χ1v) is 6.48. The molecule has 1 aliphatic heterocycles. The average Bonchev–Trinajstić information content (AvgIpc) is 2.17. The maximum Gasteiger partial charge on any atom is 0.316 e. The summed E-state index contributed by atoms with van der Waals surface area (Å²) in [6, 6.07) is 5.42. The Morgan fingerprint density at radius 2 is 2.06 bits per heavy atom. The van der Waals surface area contributed by atoms with Gasteiger partial charge in [0, 0.05) is 29.6 Å². The van der Waals surface area contributed by atoms with Gasteiger partial charge in [-0.1, -0.05) is 11.6 Å². The predicted molar refractivity (Wildman–Crippen MR) is 72.2 cm³/mol. The molecule has 0 amide bonds. The number of benzene rings is 1. The maximum atomic E-state index is 11.9. The van der Waals surface area contributed by atoms with E-state index in [1.807, 2.05) is 26.8 Å². The summed E-state index contributed by atoms with van der Waals surface area (Å²) in [6.07, 6.45) is 0. The standard InChI is InChI=1S/C14H18ClNO2/c1-14(2,3)13(17)18-12-5-4-10(15)6-11(12)9-7-16-8-9/h4-6,9,16H,7-8H2,1-3H3. The Morgan fingerprint density at radius 3 is 2.56 bits per heavy atom. The summed E-state index contributed by atoms with van der Waals surface area (Å²) in [5.74, 6) is 0.788. The Labute approximate surface area is 112 Å². The normalized spacial score (nSPS) is 16.2. The summed E-state index contributed by atoms with van der Waals surface area (Å²) in [6.45, 7) is 7.34. The third kappa shape index (κ3) is 2.85. The molecule has 0 spiro atoms. The van der Waals surface area contributed by atoms with Crippen molar-refractivity contribution in [2.75, 3.05) is 13.1 Å². The first kappa shape index (κ1) is 13.4.